The number of nitrogens with zero attached hydrogens (tertiary/aromatic N) is 2. The molecule has 1 N–H and O–H groups in total. The minimum Gasteiger partial charge on any atom is -0.392 e. The molecule has 3 nitrogen and oxygen atoms in total. The zero-order valence-corrected chi connectivity index (χ0v) is 11.7. The molecule has 0 saturated carbocycles. The number of hydrogen-bond acceptors (Lipinski definition) is 3. The molecule has 0 spiro atoms. The number of aliphatic hydroxyl groups is 1. The van der Waals surface area contributed by atoms with E-state index in [1.54, 1.807) is 0 Å². The predicted molar refractivity (Wildman–Crippen MR) is 76.2 cm³/mol. The molecule has 1 aliphatic rings. The highest BCUT2D eigenvalue weighted by Gasteiger charge is 2.19. The van der Waals surface area contributed by atoms with E-state index < -0.39 is 0 Å². The minimum absolute atomic E-state index is 0.225. The zero-order valence-electron chi connectivity index (χ0n) is 11.7. The van der Waals surface area contributed by atoms with E-state index in [2.05, 4.69) is 41.8 Å². The Morgan fingerprint density at radius 2 is 1.83 bits per heavy atom. The van der Waals surface area contributed by atoms with Crippen molar-refractivity contribution in [2.75, 3.05) is 37.6 Å². The Bertz CT molecular complexity index is 395. The summed E-state index contributed by atoms with van der Waals surface area (Å²) in [5.74, 6) is 0. The van der Waals surface area contributed by atoms with Gasteiger partial charge in [0, 0.05) is 38.4 Å². The average Bonchev–Trinajstić information content (AvgIpc) is 2.33. The number of β-amino-alcohol motifs (C(OH)–C–C–N with tert-alkyl or cyclic N) is 1. The van der Waals surface area contributed by atoms with Crippen LogP contribution >= 0.6 is 0 Å². The Kier molecular flexibility index (Phi) is 4.25. The van der Waals surface area contributed by atoms with Crippen LogP contribution in [0.2, 0.25) is 0 Å². The van der Waals surface area contributed by atoms with Crippen LogP contribution in [0.25, 0.3) is 0 Å². The summed E-state index contributed by atoms with van der Waals surface area (Å²) in [4.78, 5) is 4.80. The first-order valence-corrected chi connectivity index (χ1v) is 6.79. The number of piperazine rings is 1. The van der Waals surface area contributed by atoms with Gasteiger partial charge in [-0.2, -0.15) is 0 Å². The molecule has 0 bridgehead atoms. The van der Waals surface area contributed by atoms with Gasteiger partial charge in [-0.05, 0) is 38.0 Å². The van der Waals surface area contributed by atoms with Crippen LogP contribution in [0.5, 0.6) is 0 Å². The van der Waals surface area contributed by atoms with E-state index in [9.17, 15) is 5.11 Å². The Balaban J connectivity index is 1.99. The SMILES string of the molecule is Cc1cccc(N2CCN(C[C@H](C)O)CC2)c1C. The molecule has 3 heteroatoms. The molecule has 0 radical (unpaired) electrons. The fourth-order valence-electron chi connectivity index (χ4n) is 2.62. The molecule has 1 heterocycles. The van der Waals surface area contributed by atoms with Crippen molar-refractivity contribution in [1.82, 2.24) is 4.90 Å². The van der Waals surface area contributed by atoms with E-state index in [4.69, 9.17) is 0 Å². The second-order valence-corrected chi connectivity index (χ2v) is 5.36. The first-order valence-electron chi connectivity index (χ1n) is 6.79. The van der Waals surface area contributed by atoms with Gasteiger partial charge in [0.25, 0.3) is 0 Å². The largest absolute Gasteiger partial charge is 0.392 e. The molecule has 1 aromatic carbocycles. The van der Waals surface area contributed by atoms with Crippen LogP contribution in [0.1, 0.15) is 18.1 Å². The number of hydrogen-bond donors (Lipinski definition) is 1. The molecule has 0 aromatic heterocycles. The lowest BCUT2D eigenvalue weighted by Crippen LogP contribution is -2.48. The number of aliphatic hydroxyl groups excluding tert-OH is 1. The first kappa shape index (κ1) is 13.4. The van der Waals surface area contributed by atoms with Gasteiger partial charge in [-0.1, -0.05) is 12.1 Å². The van der Waals surface area contributed by atoms with Crippen molar-refractivity contribution in [1.29, 1.82) is 0 Å². The van der Waals surface area contributed by atoms with Crippen molar-refractivity contribution < 1.29 is 5.11 Å². The fourth-order valence-corrected chi connectivity index (χ4v) is 2.62. The highest BCUT2D eigenvalue weighted by molar-refractivity contribution is 5.56. The maximum atomic E-state index is 9.41. The van der Waals surface area contributed by atoms with Crippen LogP contribution in [0.3, 0.4) is 0 Å². The quantitative estimate of drug-likeness (QED) is 0.883. The van der Waals surface area contributed by atoms with E-state index in [0.29, 0.717) is 0 Å². The van der Waals surface area contributed by atoms with Crippen molar-refractivity contribution in [3.8, 4) is 0 Å². The van der Waals surface area contributed by atoms with Crippen LogP contribution in [0.15, 0.2) is 18.2 Å². The Hall–Kier alpha value is -1.06. The number of anilines is 1. The minimum atomic E-state index is -0.225. The summed E-state index contributed by atoms with van der Waals surface area (Å²) < 4.78 is 0. The Morgan fingerprint density at radius 3 is 2.44 bits per heavy atom. The second kappa shape index (κ2) is 5.72. The standard InChI is InChI=1S/C15H24N2O/c1-12-5-4-6-15(14(12)3)17-9-7-16(8-10-17)11-13(2)18/h4-6,13,18H,7-11H2,1-3H3/t13-/m0/s1. The lowest BCUT2D eigenvalue weighted by Gasteiger charge is -2.37. The lowest BCUT2D eigenvalue weighted by atomic mass is 10.1. The number of rotatable bonds is 3. The second-order valence-electron chi connectivity index (χ2n) is 5.36. The molecule has 0 unspecified atom stereocenters. The van der Waals surface area contributed by atoms with Gasteiger partial charge in [0.1, 0.15) is 0 Å². The van der Waals surface area contributed by atoms with Gasteiger partial charge in [-0.25, -0.2) is 0 Å². The van der Waals surface area contributed by atoms with Gasteiger partial charge in [0.15, 0.2) is 0 Å². The summed E-state index contributed by atoms with van der Waals surface area (Å²) in [6.45, 7) is 11.2. The Morgan fingerprint density at radius 1 is 1.17 bits per heavy atom. The summed E-state index contributed by atoms with van der Waals surface area (Å²) in [6.07, 6.45) is -0.225. The molecule has 0 aliphatic carbocycles. The smallest absolute Gasteiger partial charge is 0.0639 e. The van der Waals surface area contributed by atoms with Gasteiger partial charge >= 0.3 is 0 Å². The van der Waals surface area contributed by atoms with Gasteiger partial charge in [0.05, 0.1) is 6.10 Å². The maximum Gasteiger partial charge on any atom is 0.0639 e. The molecule has 18 heavy (non-hydrogen) atoms. The number of aryl methyl sites for hydroxylation is 1. The van der Waals surface area contributed by atoms with Crippen molar-refractivity contribution in [3.05, 3.63) is 29.3 Å². The lowest BCUT2D eigenvalue weighted by molar-refractivity contribution is 0.122. The molecule has 0 amide bonds. The van der Waals surface area contributed by atoms with E-state index in [1.807, 2.05) is 6.92 Å². The number of benzene rings is 1. The summed E-state index contributed by atoms with van der Waals surface area (Å²) in [6, 6.07) is 6.52. The van der Waals surface area contributed by atoms with Gasteiger partial charge in [-0.15, -0.1) is 0 Å². The van der Waals surface area contributed by atoms with Gasteiger partial charge in [-0.3, -0.25) is 4.90 Å². The summed E-state index contributed by atoms with van der Waals surface area (Å²) >= 11 is 0. The molecular weight excluding hydrogens is 224 g/mol. The van der Waals surface area contributed by atoms with Crippen LogP contribution in [0, 0.1) is 13.8 Å². The highest BCUT2D eigenvalue weighted by atomic mass is 16.3. The van der Waals surface area contributed by atoms with Crippen molar-refractivity contribution in [3.63, 3.8) is 0 Å². The molecule has 100 valence electrons. The van der Waals surface area contributed by atoms with Crippen molar-refractivity contribution >= 4 is 5.69 Å². The molecule has 2 rings (SSSR count). The zero-order chi connectivity index (χ0) is 13.1. The molecule has 1 aliphatic heterocycles. The summed E-state index contributed by atoms with van der Waals surface area (Å²) in [5, 5.41) is 9.41. The Labute approximate surface area is 110 Å². The van der Waals surface area contributed by atoms with Crippen LogP contribution in [0.4, 0.5) is 5.69 Å². The van der Waals surface area contributed by atoms with Gasteiger partial charge < -0.3 is 10.0 Å². The first-order chi connectivity index (χ1) is 8.58. The monoisotopic (exact) mass is 248 g/mol. The summed E-state index contributed by atoms with van der Waals surface area (Å²) in [7, 11) is 0. The topological polar surface area (TPSA) is 26.7 Å². The van der Waals surface area contributed by atoms with E-state index in [1.165, 1.54) is 16.8 Å². The maximum absolute atomic E-state index is 9.41. The van der Waals surface area contributed by atoms with Crippen LogP contribution in [-0.4, -0.2) is 48.8 Å². The van der Waals surface area contributed by atoms with Crippen molar-refractivity contribution in [2.24, 2.45) is 0 Å². The van der Waals surface area contributed by atoms with Crippen LogP contribution in [-0.2, 0) is 0 Å². The van der Waals surface area contributed by atoms with Crippen molar-refractivity contribution in [2.45, 2.75) is 26.9 Å². The normalized spacial score (nSPS) is 19.0. The van der Waals surface area contributed by atoms with Gasteiger partial charge in [0.2, 0.25) is 0 Å². The fraction of sp³-hybridized carbons (Fsp3) is 0.600. The van der Waals surface area contributed by atoms with E-state index >= 15 is 0 Å². The molecule has 1 fully saturated rings. The molecule has 1 atom stereocenters. The van der Waals surface area contributed by atoms with E-state index in [0.717, 1.165) is 32.7 Å². The molecule has 1 saturated heterocycles. The summed E-state index contributed by atoms with van der Waals surface area (Å²) in [5.41, 5.74) is 4.12. The highest BCUT2D eigenvalue weighted by Crippen LogP contribution is 2.23. The molecular formula is C15H24N2O. The predicted octanol–water partition coefficient (Wildman–Crippen LogP) is 1.81. The molecule has 1 aromatic rings. The van der Waals surface area contributed by atoms with Crippen LogP contribution < -0.4 is 4.90 Å². The average molecular weight is 248 g/mol. The third-order valence-electron chi connectivity index (χ3n) is 3.81. The van der Waals surface area contributed by atoms with E-state index in [-0.39, 0.29) is 6.10 Å². The third-order valence-corrected chi connectivity index (χ3v) is 3.81. The third kappa shape index (κ3) is 3.03.